The van der Waals surface area contributed by atoms with Crippen molar-refractivity contribution in [2.24, 2.45) is 0 Å². The number of hydrogen-bond donors (Lipinski definition) is 0. The quantitative estimate of drug-likeness (QED) is 0.0320. The van der Waals surface area contributed by atoms with Crippen LogP contribution in [-0.4, -0.2) is 26.4 Å². The molecule has 8 heteroatoms. The van der Waals surface area contributed by atoms with Crippen molar-refractivity contribution >= 4 is 24.3 Å². The lowest BCUT2D eigenvalue weighted by molar-refractivity contribution is 0.296. The number of ether oxygens (including phenoxy) is 4. The molecule has 0 aliphatic heterocycles. The van der Waals surface area contributed by atoms with Gasteiger partial charge in [-0.25, -0.2) is 17.6 Å². The van der Waals surface area contributed by atoms with Crippen molar-refractivity contribution in [3.05, 3.63) is 81.9 Å². The molecular weight excluding hydrogens is 692 g/mol. The van der Waals surface area contributed by atoms with Crippen molar-refractivity contribution in [3.63, 3.8) is 0 Å². The summed E-state index contributed by atoms with van der Waals surface area (Å²) < 4.78 is 86.2. The maximum Gasteiger partial charge on any atom is 0.169 e. The summed E-state index contributed by atoms with van der Waals surface area (Å²) in [6.45, 7) is 10.5. The van der Waals surface area contributed by atoms with Crippen molar-refractivity contribution in [2.75, 3.05) is 26.4 Å². The van der Waals surface area contributed by atoms with E-state index in [-0.39, 0.29) is 0 Å². The van der Waals surface area contributed by atoms with Crippen LogP contribution in [0.25, 0.3) is 24.3 Å². The molecular formula is C46H62F4O4. The molecule has 0 aliphatic carbocycles. The third-order valence-corrected chi connectivity index (χ3v) is 9.20. The van der Waals surface area contributed by atoms with E-state index in [0.717, 1.165) is 115 Å². The van der Waals surface area contributed by atoms with Crippen molar-refractivity contribution in [3.8, 4) is 23.0 Å². The minimum atomic E-state index is -1.49. The van der Waals surface area contributed by atoms with Gasteiger partial charge in [0.05, 0.1) is 37.6 Å². The number of unbranched alkanes of at least 4 members (excludes halogenated alkanes) is 12. The summed E-state index contributed by atoms with van der Waals surface area (Å²) in [6, 6.07) is 10.5. The predicted octanol–water partition coefficient (Wildman–Crippen LogP) is 14.4. The summed E-state index contributed by atoms with van der Waals surface area (Å²) in [5, 5.41) is 0. The molecule has 3 rings (SSSR count). The highest BCUT2D eigenvalue weighted by Gasteiger charge is 2.23. The summed E-state index contributed by atoms with van der Waals surface area (Å²) in [5.41, 5.74) is -0.683. The largest absolute Gasteiger partial charge is 0.494 e. The van der Waals surface area contributed by atoms with Crippen LogP contribution < -0.4 is 18.9 Å². The molecule has 0 heterocycles. The van der Waals surface area contributed by atoms with E-state index in [9.17, 15) is 0 Å². The first-order valence-corrected chi connectivity index (χ1v) is 20.4. The molecule has 3 aromatic rings. The molecule has 3 aromatic carbocycles. The molecule has 0 unspecified atom stereocenters. The Bertz CT molecular complexity index is 1440. The molecule has 0 saturated carbocycles. The van der Waals surface area contributed by atoms with Crippen LogP contribution in [0.4, 0.5) is 17.6 Å². The van der Waals surface area contributed by atoms with Gasteiger partial charge in [0.1, 0.15) is 23.0 Å². The molecule has 0 radical (unpaired) electrons. The van der Waals surface area contributed by atoms with Crippen LogP contribution in [-0.2, 0) is 0 Å². The molecule has 0 N–H and O–H groups in total. The molecule has 0 spiro atoms. The summed E-state index contributed by atoms with van der Waals surface area (Å²) in [6.07, 6.45) is 21.4. The Labute approximate surface area is 322 Å². The van der Waals surface area contributed by atoms with Gasteiger partial charge < -0.3 is 18.9 Å². The van der Waals surface area contributed by atoms with Gasteiger partial charge in [-0.1, -0.05) is 117 Å². The normalized spacial score (nSPS) is 11.6. The average molecular weight is 755 g/mol. The third-order valence-electron chi connectivity index (χ3n) is 9.20. The second kappa shape index (κ2) is 26.0. The van der Waals surface area contributed by atoms with Crippen LogP contribution in [0.2, 0.25) is 0 Å². The first kappa shape index (κ1) is 44.5. The SMILES string of the molecule is CCCCCCOc1ccc(OCCCCCC)c(C=Cc2c(F)c(F)c(C=Cc3cc(OCCCCCC)ccc3OCCCCCC)c(F)c2F)c1. The van der Waals surface area contributed by atoms with Crippen LogP contribution in [0.1, 0.15) is 153 Å². The highest BCUT2D eigenvalue weighted by molar-refractivity contribution is 5.77. The monoisotopic (exact) mass is 754 g/mol. The highest BCUT2D eigenvalue weighted by Crippen LogP contribution is 2.32. The standard InChI is InChI=1S/C46H62F4O4/c1-5-9-13-17-29-51-37-23-27-41(53-31-19-15-11-7-3)35(33-37)21-25-39-43(47)45(49)40(46(50)44(39)48)26-22-36-34-38(52-30-18-14-10-6-2)24-28-42(36)54-32-20-16-12-8-4/h21-28,33-34H,5-20,29-32H2,1-4H3. The predicted molar refractivity (Wildman–Crippen MR) is 216 cm³/mol. The molecule has 0 amide bonds. The zero-order valence-corrected chi connectivity index (χ0v) is 33.1. The van der Waals surface area contributed by atoms with Crippen LogP contribution in [0.5, 0.6) is 23.0 Å². The van der Waals surface area contributed by atoms with Gasteiger partial charge in [-0.15, -0.1) is 0 Å². The first-order chi connectivity index (χ1) is 26.3. The number of halogens is 4. The summed E-state index contributed by atoms with van der Waals surface area (Å²) in [7, 11) is 0. The van der Waals surface area contributed by atoms with E-state index in [1.54, 1.807) is 36.4 Å². The van der Waals surface area contributed by atoms with Crippen LogP contribution >= 0.6 is 0 Å². The minimum Gasteiger partial charge on any atom is -0.494 e. The van der Waals surface area contributed by atoms with Gasteiger partial charge >= 0.3 is 0 Å². The Morgan fingerprint density at radius 2 is 0.704 bits per heavy atom. The van der Waals surface area contributed by atoms with E-state index in [0.29, 0.717) is 60.6 Å². The molecule has 298 valence electrons. The highest BCUT2D eigenvalue weighted by atomic mass is 19.2. The van der Waals surface area contributed by atoms with Crippen molar-refractivity contribution in [2.45, 2.75) is 130 Å². The van der Waals surface area contributed by atoms with E-state index in [1.807, 2.05) is 0 Å². The minimum absolute atomic E-state index is 0.463. The molecule has 0 bridgehead atoms. The Balaban J connectivity index is 1.89. The fraction of sp³-hybridized carbons (Fsp3) is 0.522. The van der Waals surface area contributed by atoms with Gasteiger partial charge in [-0.3, -0.25) is 0 Å². The Kier molecular flexibility index (Phi) is 21.4. The third kappa shape index (κ3) is 15.1. The molecule has 4 nitrogen and oxygen atoms in total. The van der Waals surface area contributed by atoms with E-state index in [1.165, 1.54) is 12.2 Å². The molecule has 0 atom stereocenters. The number of rotatable bonds is 28. The Morgan fingerprint density at radius 3 is 1.02 bits per heavy atom. The first-order valence-electron chi connectivity index (χ1n) is 20.4. The molecule has 54 heavy (non-hydrogen) atoms. The maximum atomic E-state index is 15.6. The number of hydrogen-bond acceptors (Lipinski definition) is 4. The smallest absolute Gasteiger partial charge is 0.169 e. The molecule has 0 aliphatic rings. The summed E-state index contributed by atoms with van der Waals surface area (Å²) in [4.78, 5) is 0. The lowest BCUT2D eigenvalue weighted by atomic mass is 10.0. The topological polar surface area (TPSA) is 36.9 Å². The van der Waals surface area contributed by atoms with Gasteiger partial charge in [-0.05, 0) is 74.2 Å². The molecule has 0 fully saturated rings. The van der Waals surface area contributed by atoms with Crippen LogP contribution in [0.3, 0.4) is 0 Å². The summed E-state index contributed by atoms with van der Waals surface area (Å²) >= 11 is 0. The van der Waals surface area contributed by atoms with E-state index in [4.69, 9.17) is 18.9 Å². The molecule has 0 saturated heterocycles. The van der Waals surface area contributed by atoms with Gasteiger partial charge in [0.25, 0.3) is 0 Å². The van der Waals surface area contributed by atoms with Crippen molar-refractivity contribution in [1.82, 2.24) is 0 Å². The van der Waals surface area contributed by atoms with Crippen LogP contribution in [0.15, 0.2) is 36.4 Å². The van der Waals surface area contributed by atoms with E-state index < -0.39 is 34.4 Å². The Hall–Kier alpha value is -3.94. The fourth-order valence-electron chi connectivity index (χ4n) is 5.92. The Morgan fingerprint density at radius 1 is 0.389 bits per heavy atom. The van der Waals surface area contributed by atoms with E-state index >= 15 is 17.6 Å². The van der Waals surface area contributed by atoms with E-state index in [2.05, 4.69) is 27.7 Å². The zero-order chi connectivity index (χ0) is 39.0. The van der Waals surface area contributed by atoms with Crippen molar-refractivity contribution in [1.29, 1.82) is 0 Å². The maximum absolute atomic E-state index is 15.6. The molecule has 0 aromatic heterocycles. The van der Waals surface area contributed by atoms with Gasteiger partial charge in [0, 0.05) is 11.1 Å². The lowest BCUT2D eigenvalue weighted by Gasteiger charge is -2.13. The van der Waals surface area contributed by atoms with Gasteiger partial charge in [0.15, 0.2) is 23.3 Å². The average Bonchev–Trinajstić information content (AvgIpc) is 3.18. The van der Waals surface area contributed by atoms with Crippen LogP contribution in [0, 0.1) is 23.3 Å². The fourth-order valence-corrected chi connectivity index (χ4v) is 5.92. The number of benzene rings is 3. The summed E-state index contributed by atoms with van der Waals surface area (Å²) in [5.74, 6) is -3.87. The van der Waals surface area contributed by atoms with Gasteiger partial charge in [0.2, 0.25) is 0 Å². The van der Waals surface area contributed by atoms with Crippen molar-refractivity contribution < 1.29 is 36.5 Å². The van der Waals surface area contributed by atoms with Gasteiger partial charge in [-0.2, -0.15) is 0 Å². The zero-order valence-electron chi connectivity index (χ0n) is 33.1. The second-order valence-electron chi connectivity index (χ2n) is 13.8. The lowest BCUT2D eigenvalue weighted by Crippen LogP contribution is -2.04. The second-order valence-corrected chi connectivity index (χ2v) is 13.8.